The van der Waals surface area contributed by atoms with Crippen LogP contribution in [0.25, 0.3) is 0 Å². The van der Waals surface area contributed by atoms with E-state index in [1.807, 2.05) is 72.9 Å². The van der Waals surface area contributed by atoms with Crippen molar-refractivity contribution in [3.8, 4) is 0 Å². The molecule has 2 aliphatic heterocycles. The van der Waals surface area contributed by atoms with Crippen LogP contribution in [0, 0.1) is 38.1 Å². The maximum absolute atomic E-state index is 3.53. The zero-order chi connectivity index (χ0) is 26.5. The number of fused-ring (bicyclic) bond motifs is 2. The summed E-state index contributed by atoms with van der Waals surface area (Å²) in [5, 5.41) is 0. The van der Waals surface area contributed by atoms with Crippen molar-refractivity contribution < 1.29 is 23.3 Å². The van der Waals surface area contributed by atoms with Gasteiger partial charge in [-0.15, -0.1) is 33.3 Å². The van der Waals surface area contributed by atoms with E-state index in [0.29, 0.717) is 0 Å². The molecule has 0 spiro atoms. The summed E-state index contributed by atoms with van der Waals surface area (Å²) in [7, 11) is 0. The van der Waals surface area contributed by atoms with E-state index in [0.717, 1.165) is 11.5 Å². The SMILES string of the molecule is CC1=CC2=C(Br)CSC2=[C-]1.CC1=CC2=C(Br)CSC2=[C-]1.Cc1[c-]cccc1C.[SiH2]=[Zr].[c-]1ccccc1. The quantitative estimate of drug-likeness (QED) is 0.197. The zero-order valence-electron chi connectivity index (χ0n) is 21.0. The number of halogens is 2. The molecule has 36 heavy (non-hydrogen) atoms. The maximum Gasteiger partial charge on any atom is -0.171 e. The summed E-state index contributed by atoms with van der Waals surface area (Å²) in [6, 6.07) is 21.6. The number of thioether (sulfide) groups is 2. The molecule has 0 unspecified atom stereocenters. The number of hydrogen-bond acceptors (Lipinski definition) is 2. The Morgan fingerprint density at radius 2 is 1.25 bits per heavy atom. The molecule has 0 fully saturated rings. The molecule has 2 heterocycles. The van der Waals surface area contributed by atoms with Gasteiger partial charge < -0.3 is 0 Å². The summed E-state index contributed by atoms with van der Waals surface area (Å²) >= 11 is 12.3. The molecule has 2 aliphatic carbocycles. The number of benzene rings is 2. The van der Waals surface area contributed by atoms with Crippen molar-refractivity contribution in [3.05, 3.63) is 137 Å². The average molecular weight is 732 g/mol. The molecule has 0 radical (unpaired) electrons. The van der Waals surface area contributed by atoms with Gasteiger partial charge in [0.05, 0.1) is 0 Å². The molecule has 0 atom stereocenters. The van der Waals surface area contributed by atoms with Gasteiger partial charge in [-0.05, 0) is 0 Å². The van der Waals surface area contributed by atoms with Crippen molar-refractivity contribution >= 4 is 62.3 Å². The van der Waals surface area contributed by atoms with E-state index >= 15 is 0 Å². The maximum atomic E-state index is 3.53. The normalized spacial score (nSPS) is 16.2. The molecule has 2 aromatic rings. The standard InChI is InChI=1S/2C8H6BrS.C8H9.C6H5.H2Si.Zr/c2*1-5-2-6-7(9)4-10-8(6)3-5;1-7-5-3-4-6-8(7)2;1-2-4-6-5-3-1;;/h2*2H,4H2,1H3;3-5H,1-2H3;1-5H;1H2;/q4*-1;;. The Balaban J connectivity index is 0.000000168. The van der Waals surface area contributed by atoms with E-state index in [4.69, 9.17) is 0 Å². The Bertz CT molecular complexity index is 1120. The Labute approximate surface area is 259 Å². The smallest absolute Gasteiger partial charge is 0.171 e. The molecule has 0 aromatic heterocycles. The van der Waals surface area contributed by atoms with E-state index in [2.05, 4.69) is 102 Å². The fraction of sp³-hybridized carbons (Fsp3) is 0.200. The Hall–Kier alpha value is -0.360. The first kappa shape index (κ1) is 31.9. The molecule has 0 saturated heterocycles. The summed E-state index contributed by atoms with van der Waals surface area (Å²) in [5.74, 6) is 2.17. The van der Waals surface area contributed by atoms with Crippen molar-refractivity contribution in [3.63, 3.8) is 0 Å². The molecule has 0 saturated carbocycles. The molecular formula is C30H28Br2S2SiZr-4. The zero-order valence-corrected chi connectivity index (χ0v) is 29.6. The minimum Gasteiger partial charge on any atom is -0.184 e. The van der Waals surface area contributed by atoms with Gasteiger partial charge in [-0.2, -0.15) is 106 Å². The third-order valence-corrected chi connectivity index (χ3v) is 9.29. The van der Waals surface area contributed by atoms with Crippen molar-refractivity contribution in [1.82, 2.24) is 0 Å². The van der Waals surface area contributed by atoms with Crippen LogP contribution in [0.15, 0.2) is 102 Å². The van der Waals surface area contributed by atoms with Crippen LogP contribution >= 0.6 is 55.4 Å². The number of aryl methyl sites for hydroxylation is 2. The van der Waals surface area contributed by atoms with Crippen molar-refractivity contribution in [1.29, 1.82) is 0 Å². The molecule has 6 heteroatoms. The van der Waals surface area contributed by atoms with Crippen LogP contribution in [-0.2, 0) is 23.3 Å². The predicted molar refractivity (Wildman–Crippen MR) is 166 cm³/mol. The first-order valence-corrected chi connectivity index (χ1v) is 20.7. The first-order chi connectivity index (χ1) is 17.3. The average Bonchev–Trinajstić information content (AvgIpc) is 3.64. The van der Waals surface area contributed by atoms with Crippen molar-refractivity contribution in [2.45, 2.75) is 27.7 Å². The van der Waals surface area contributed by atoms with Crippen LogP contribution in [0.1, 0.15) is 25.0 Å². The van der Waals surface area contributed by atoms with Crippen LogP contribution in [0.2, 0.25) is 0 Å². The minimum absolute atomic E-state index is 1.08. The van der Waals surface area contributed by atoms with Gasteiger partial charge >= 0.3 is 30.2 Å². The Morgan fingerprint density at radius 1 is 0.750 bits per heavy atom. The Kier molecular flexibility index (Phi) is 15.3. The van der Waals surface area contributed by atoms with E-state index in [1.54, 1.807) is 23.3 Å². The molecule has 0 nitrogen and oxygen atoms in total. The van der Waals surface area contributed by atoms with Gasteiger partial charge in [0.1, 0.15) is 0 Å². The van der Waals surface area contributed by atoms with Crippen LogP contribution < -0.4 is 0 Å². The molecule has 0 bridgehead atoms. The summed E-state index contributed by atoms with van der Waals surface area (Å²) in [6.07, 6.45) is 11.0. The van der Waals surface area contributed by atoms with Crippen LogP contribution in [0.5, 0.6) is 0 Å². The first-order valence-electron chi connectivity index (χ1n) is 11.2. The fourth-order valence-corrected chi connectivity index (χ4v) is 6.70. The van der Waals surface area contributed by atoms with Crippen LogP contribution in [0.4, 0.5) is 0 Å². The van der Waals surface area contributed by atoms with Gasteiger partial charge in [-0.1, -0.05) is 68.5 Å². The van der Waals surface area contributed by atoms with Crippen LogP contribution in [-0.4, -0.2) is 18.4 Å². The second kappa shape index (κ2) is 17.3. The number of allylic oxidation sites excluding steroid dienone is 8. The molecule has 6 rings (SSSR count). The van der Waals surface area contributed by atoms with Crippen LogP contribution in [0.3, 0.4) is 0 Å². The number of rotatable bonds is 0. The third-order valence-electron chi connectivity index (χ3n) is 5.04. The summed E-state index contributed by atoms with van der Waals surface area (Å²) in [5.41, 5.74) is 7.74. The van der Waals surface area contributed by atoms with Gasteiger partial charge in [0, 0.05) is 11.5 Å². The van der Waals surface area contributed by atoms with Crippen molar-refractivity contribution in [2.75, 3.05) is 11.5 Å². The van der Waals surface area contributed by atoms with Gasteiger partial charge in [0.2, 0.25) is 0 Å². The van der Waals surface area contributed by atoms with E-state index in [1.165, 1.54) is 52.2 Å². The largest absolute Gasteiger partial charge is 0.184 e. The molecule has 0 amide bonds. The summed E-state index contributed by atoms with van der Waals surface area (Å²) in [4.78, 5) is 2.62. The summed E-state index contributed by atoms with van der Waals surface area (Å²) in [6.45, 7) is 10.3. The topological polar surface area (TPSA) is 0 Å². The van der Waals surface area contributed by atoms with E-state index in [-0.39, 0.29) is 0 Å². The third kappa shape index (κ3) is 10.4. The number of hydrogen-bond donors (Lipinski definition) is 0. The second-order valence-electron chi connectivity index (χ2n) is 7.83. The molecule has 4 aliphatic rings. The Morgan fingerprint density at radius 3 is 1.56 bits per heavy atom. The second-order valence-corrected chi connectivity index (χ2v) is 11.7. The predicted octanol–water partition coefficient (Wildman–Crippen LogP) is 8.73. The molecule has 0 N–H and O–H groups in total. The minimum atomic E-state index is 1.08. The van der Waals surface area contributed by atoms with Gasteiger partial charge in [-0.3, -0.25) is 0 Å². The molecular weight excluding hydrogens is 704 g/mol. The van der Waals surface area contributed by atoms with E-state index in [9.17, 15) is 0 Å². The van der Waals surface area contributed by atoms with Gasteiger partial charge in [0.15, 0.2) is 0 Å². The molecule has 186 valence electrons. The monoisotopic (exact) mass is 728 g/mol. The van der Waals surface area contributed by atoms with E-state index < -0.39 is 0 Å². The van der Waals surface area contributed by atoms with Gasteiger partial charge in [-0.25, -0.2) is 12.2 Å². The molecule has 2 aromatic carbocycles. The van der Waals surface area contributed by atoms with Crippen molar-refractivity contribution in [2.24, 2.45) is 0 Å². The fourth-order valence-electron chi connectivity index (χ4n) is 3.13. The van der Waals surface area contributed by atoms with Gasteiger partial charge in [0.25, 0.3) is 0 Å². The summed E-state index contributed by atoms with van der Waals surface area (Å²) < 4.78 is 2.63.